The van der Waals surface area contributed by atoms with Crippen molar-refractivity contribution in [2.75, 3.05) is 6.66 Å². The molecule has 19 heavy (non-hydrogen) atoms. The number of hydrogen-bond donors (Lipinski definition) is 0. The summed E-state index contributed by atoms with van der Waals surface area (Å²) in [5.41, 5.74) is 3.05. The van der Waals surface area contributed by atoms with Crippen LogP contribution >= 0.6 is 23.9 Å². The molecule has 2 atom stereocenters. The third kappa shape index (κ3) is 3.46. The molecule has 0 bridgehead atoms. The Hall–Kier alpha value is 1.07. The maximum Gasteiger partial charge on any atom is -1.00 e. The second-order valence-electron chi connectivity index (χ2n) is 4.64. The van der Waals surface area contributed by atoms with Crippen LogP contribution in [-0.2, 0) is 23.2 Å². The minimum absolute atomic E-state index is 0. The molecule has 0 amide bonds. The fraction of sp³-hybridized carbons (Fsp3) is 0.286. The molecule has 0 aromatic rings. The zero-order valence-electron chi connectivity index (χ0n) is 10.8. The van der Waals surface area contributed by atoms with Gasteiger partial charge >= 0.3 is 125 Å². The Morgan fingerprint density at radius 2 is 2.05 bits per heavy atom. The van der Waals surface area contributed by atoms with E-state index < -0.39 is 23.2 Å². The number of fused-ring (bicyclic) bond motifs is 1. The number of hydrogen-bond acceptors (Lipinski definition) is 0. The second-order valence-corrected chi connectivity index (χ2v) is 12.0. The molecule has 0 saturated heterocycles. The van der Waals surface area contributed by atoms with Gasteiger partial charge in [0.25, 0.3) is 0 Å². The van der Waals surface area contributed by atoms with Crippen molar-refractivity contribution in [2.24, 2.45) is 0 Å². The third-order valence-corrected chi connectivity index (χ3v) is 13.1. The van der Waals surface area contributed by atoms with Crippen LogP contribution in [0.15, 0.2) is 53.4 Å². The first kappa shape index (κ1) is 18.1. The van der Waals surface area contributed by atoms with Gasteiger partial charge < -0.3 is 24.8 Å². The fourth-order valence-electron chi connectivity index (χ4n) is 2.43. The average molecular weight is 455 g/mol. The van der Waals surface area contributed by atoms with E-state index in [1.165, 1.54) is 12.0 Å². The molecule has 5 heteroatoms. The normalized spacial score (nSPS) is 27.0. The third-order valence-electron chi connectivity index (χ3n) is 3.33. The first-order valence-corrected chi connectivity index (χ1v) is 11.0. The largest absolute Gasteiger partial charge is 1.00 e. The Bertz CT molecular complexity index is 532. The smallest absolute Gasteiger partial charge is 1.00 e. The van der Waals surface area contributed by atoms with Crippen LogP contribution in [0.2, 0.25) is 0 Å². The first-order chi connectivity index (χ1) is 8.16. The average Bonchev–Trinajstić information content (AvgIpc) is 2.96. The van der Waals surface area contributed by atoms with E-state index in [4.69, 9.17) is 0 Å². The van der Waals surface area contributed by atoms with Crippen LogP contribution in [0.5, 0.6) is 0 Å². The van der Waals surface area contributed by atoms with E-state index in [0.717, 1.165) is 0 Å². The molecule has 0 saturated carbocycles. The minimum atomic E-state index is -0.533. The van der Waals surface area contributed by atoms with E-state index in [2.05, 4.69) is 59.9 Å². The minimum Gasteiger partial charge on any atom is -1.00 e. The molecule has 0 fully saturated rings. The first-order valence-electron chi connectivity index (χ1n) is 5.81. The standard InChI is InChI=1S/C9H9BrP.C5H5.2ClH.Zr/c1-6-3-7-5-9(10)11(2)8(7)4-6;1-2-4-5-3-1;;;/h3-4,9H,1-2H3;1-3H,4H2;2*1H;/q;;;;+2/p-2. The molecular formula is C14H14BrCl2PZr. The quantitative estimate of drug-likeness (QED) is 0.365. The van der Waals surface area contributed by atoms with Gasteiger partial charge in [-0.25, -0.2) is 0 Å². The van der Waals surface area contributed by atoms with E-state index in [9.17, 15) is 0 Å². The maximum absolute atomic E-state index is 3.95. The molecule has 0 spiro atoms. The number of rotatable bonds is 2. The number of allylic oxidation sites excluding steroid dienone is 10. The summed E-state index contributed by atoms with van der Waals surface area (Å²) in [4.78, 5) is 0. The Balaban J connectivity index is 0.000000902. The molecule has 1 heterocycles. The van der Waals surface area contributed by atoms with Gasteiger partial charge in [-0.3, -0.25) is 0 Å². The van der Waals surface area contributed by atoms with Crippen molar-refractivity contribution >= 4 is 23.9 Å². The molecule has 3 aliphatic rings. The summed E-state index contributed by atoms with van der Waals surface area (Å²) in [6.07, 6.45) is 12.9. The molecule has 0 radical (unpaired) electrons. The van der Waals surface area contributed by atoms with E-state index in [0.29, 0.717) is 4.57 Å². The second kappa shape index (κ2) is 7.37. The van der Waals surface area contributed by atoms with Crippen LogP contribution in [0.1, 0.15) is 13.3 Å². The zero-order chi connectivity index (χ0) is 12.0. The van der Waals surface area contributed by atoms with Gasteiger partial charge in [0.15, 0.2) is 0 Å². The van der Waals surface area contributed by atoms with Gasteiger partial charge in [0.05, 0.1) is 0 Å². The van der Waals surface area contributed by atoms with Crippen molar-refractivity contribution in [1.29, 1.82) is 0 Å². The van der Waals surface area contributed by atoms with Gasteiger partial charge in [0.2, 0.25) is 0 Å². The Kier molecular flexibility index (Phi) is 7.03. The van der Waals surface area contributed by atoms with Crippen molar-refractivity contribution < 1.29 is 48.0 Å². The van der Waals surface area contributed by atoms with Gasteiger partial charge in [-0.15, -0.1) is 0 Å². The molecule has 1 aliphatic heterocycles. The number of halogens is 3. The summed E-state index contributed by atoms with van der Waals surface area (Å²) < 4.78 is 4.17. The summed E-state index contributed by atoms with van der Waals surface area (Å²) in [5, 5.41) is 1.64. The van der Waals surface area contributed by atoms with Crippen LogP contribution in [0, 0.1) is 0 Å². The Labute approximate surface area is 148 Å². The van der Waals surface area contributed by atoms with Gasteiger partial charge in [0.1, 0.15) is 0 Å². The van der Waals surface area contributed by atoms with Crippen molar-refractivity contribution in [1.82, 2.24) is 0 Å². The van der Waals surface area contributed by atoms with Crippen LogP contribution < -0.4 is 24.8 Å². The zero-order valence-corrected chi connectivity index (χ0v) is 17.2. The van der Waals surface area contributed by atoms with Crippen molar-refractivity contribution in [3.8, 4) is 0 Å². The molecule has 2 unspecified atom stereocenters. The van der Waals surface area contributed by atoms with Crippen LogP contribution in [-0.4, -0.2) is 11.2 Å². The van der Waals surface area contributed by atoms with E-state index >= 15 is 0 Å². The molecular weight excluding hydrogens is 441 g/mol. The monoisotopic (exact) mass is 452 g/mol. The summed E-state index contributed by atoms with van der Waals surface area (Å²) in [6.45, 7) is 4.64. The van der Waals surface area contributed by atoms with Crippen LogP contribution in [0.25, 0.3) is 0 Å². The van der Waals surface area contributed by atoms with Gasteiger partial charge in [0, 0.05) is 0 Å². The Morgan fingerprint density at radius 1 is 1.32 bits per heavy atom. The van der Waals surface area contributed by atoms with Crippen LogP contribution in [0.3, 0.4) is 0 Å². The van der Waals surface area contributed by atoms with Gasteiger partial charge in [-0.1, -0.05) is 0 Å². The van der Waals surface area contributed by atoms with Crippen molar-refractivity contribution in [3.05, 3.63) is 53.4 Å². The molecule has 2 aliphatic carbocycles. The SMILES string of the molecule is CC1=CC2=[C]([Zr+2][C]3=CC=CC3)C(Br)P(C)C2=C1.[Cl-].[Cl-]. The molecule has 3 rings (SSSR count). The molecule has 100 valence electrons. The molecule has 0 nitrogen and oxygen atoms in total. The van der Waals surface area contributed by atoms with Crippen molar-refractivity contribution in [2.45, 2.75) is 17.9 Å². The summed E-state index contributed by atoms with van der Waals surface area (Å²) in [7, 11) is -0.00627. The van der Waals surface area contributed by atoms with E-state index in [1.807, 2.05) is 0 Å². The predicted molar refractivity (Wildman–Crippen MR) is 76.3 cm³/mol. The summed E-state index contributed by atoms with van der Waals surface area (Å²) in [5.74, 6) is 0. The van der Waals surface area contributed by atoms with Gasteiger partial charge in [-0.2, -0.15) is 0 Å². The summed E-state index contributed by atoms with van der Waals surface area (Å²) >= 11 is 3.42. The van der Waals surface area contributed by atoms with E-state index in [-0.39, 0.29) is 32.7 Å². The molecule has 0 aromatic carbocycles. The number of alkyl halides is 1. The predicted octanol–water partition coefficient (Wildman–Crippen LogP) is -1.14. The maximum atomic E-state index is 3.95. The molecule has 0 aromatic heterocycles. The molecule has 0 N–H and O–H groups in total. The van der Waals surface area contributed by atoms with Gasteiger partial charge in [-0.05, 0) is 0 Å². The van der Waals surface area contributed by atoms with Crippen LogP contribution in [0.4, 0.5) is 0 Å². The van der Waals surface area contributed by atoms with E-state index in [1.54, 1.807) is 17.4 Å². The fourth-order valence-corrected chi connectivity index (χ4v) is 10.8. The summed E-state index contributed by atoms with van der Waals surface area (Å²) in [6, 6.07) is 0. The van der Waals surface area contributed by atoms with Crippen molar-refractivity contribution in [3.63, 3.8) is 0 Å². The Morgan fingerprint density at radius 3 is 2.68 bits per heavy atom. The topological polar surface area (TPSA) is 0 Å².